The minimum Gasteiger partial charge on any atom is -0.336 e. The van der Waals surface area contributed by atoms with Gasteiger partial charge >= 0.3 is 6.03 Å². The highest BCUT2D eigenvalue weighted by molar-refractivity contribution is 7.89. The van der Waals surface area contributed by atoms with E-state index in [9.17, 15) is 18.0 Å². The number of carbonyl (C=O) groups is 2. The molecule has 1 aromatic heterocycles. The number of benzene rings is 2. The Morgan fingerprint density at radius 2 is 1.82 bits per heavy atom. The van der Waals surface area contributed by atoms with Crippen molar-refractivity contribution < 1.29 is 18.0 Å². The van der Waals surface area contributed by atoms with Crippen LogP contribution < -0.4 is 19.8 Å². The van der Waals surface area contributed by atoms with Crippen LogP contribution in [0, 0.1) is 0 Å². The molecule has 0 aliphatic carbocycles. The first-order valence-electron chi connectivity index (χ1n) is 12.8. The molecule has 1 fully saturated rings. The van der Waals surface area contributed by atoms with Crippen molar-refractivity contribution in [2.75, 3.05) is 23.4 Å². The van der Waals surface area contributed by atoms with Gasteiger partial charge in [0.05, 0.1) is 9.77 Å². The first kappa shape index (κ1) is 28.7. The van der Waals surface area contributed by atoms with Gasteiger partial charge in [0.25, 0.3) is 0 Å². The molecule has 0 spiro atoms. The summed E-state index contributed by atoms with van der Waals surface area (Å²) in [6.45, 7) is 9.75. The number of nitrogens with one attached hydrogen (secondary N) is 2. The predicted octanol–water partition coefficient (Wildman–Crippen LogP) is 5.23. The van der Waals surface area contributed by atoms with E-state index in [1.54, 1.807) is 62.0 Å². The largest absolute Gasteiger partial charge is 0.336 e. The molecule has 0 saturated carbocycles. The van der Waals surface area contributed by atoms with Crippen LogP contribution >= 0.6 is 11.3 Å². The maximum atomic E-state index is 13.5. The summed E-state index contributed by atoms with van der Waals surface area (Å²) in [7, 11) is -2.20. The van der Waals surface area contributed by atoms with Crippen LogP contribution in [0.3, 0.4) is 0 Å². The molecule has 3 amide bonds. The third kappa shape index (κ3) is 6.66. The van der Waals surface area contributed by atoms with Gasteiger partial charge in [0.15, 0.2) is 0 Å². The normalized spacial score (nSPS) is 14.2. The van der Waals surface area contributed by atoms with Crippen LogP contribution in [-0.4, -0.2) is 50.5 Å². The van der Waals surface area contributed by atoms with Gasteiger partial charge in [-0.15, -0.1) is 11.3 Å². The molecule has 9 nitrogen and oxygen atoms in total. The average molecular weight is 570 g/mol. The monoisotopic (exact) mass is 569 g/mol. The molecule has 4 rings (SSSR count). The van der Waals surface area contributed by atoms with Gasteiger partial charge in [-0.2, -0.15) is 0 Å². The lowest BCUT2D eigenvalue weighted by Crippen LogP contribution is -2.40. The fourth-order valence-corrected chi connectivity index (χ4v) is 6.99. The van der Waals surface area contributed by atoms with Crippen molar-refractivity contribution in [1.82, 2.24) is 15.0 Å². The third-order valence-electron chi connectivity index (χ3n) is 6.07. The summed E-state index contributed by atoms with van der Waals surface area (Å²) in [4.78, 5) is 33.2. The lowest BCUT2D eigenvalue weighted by Gasteiger charge is -2.23. The number of anilines is 2. The van der Waals surface area contributed by atoms with Gasteiger partial charge in [0, 0.05) is 60.3 Å². The first-order valence-corrected chi connectivity index (χ1v) is 15.1. The SMILES string of the molecule is CC(C)NC(=O)N(C)c1ccc(-c2ncc(-c3ccc(N4CCCC4=O)cc3S(=O)(=O)NC(C)(C)C)s2)cc1. The summed E-state index contributed by atoms with van der Waals surface area (Å²) >= 11 is 1.38. The topological polar surface area (TPSA) is 112 Å². The van der Waals surface area contributed by atoms with Crippen LogP contribution in [0.15, 0.2) is 53.6 Å². The van der Waals surface area contributed by atoms with E-state index in [2.05, 4.69) is 15.0 Å². The van der Waals surface area contributed by atoms with Crippen molar-refractivity contribution in [2.45, 2.75) is 63.9 Å². The minimum absolute atomic E-state index is 0.00858. The number of aromatic nitrogens is 1. The quantitative estimate of drug-likeness (QED) is 0.405. The zero-order valence-electron chi connectivity index (χ0n) is 23.1. The molecule has 1 aliphatic heterocycles. The van der Waals surface area contributed by atoms with Crippen LogP contribution in [0.5, 0.6) is 0 Å². The highest BCUT2D eigenvalue weighted by Crippen LogP contribution is 2.38. The number of hydrogen-bond donors (Lipinski definition) is 2. The number of nitrogens with zero attached hydrogens (tertiary/aromatic N) is 3. The van der Waals surface area contributed by atoms with E-state index >= 15 is 0 Å². The van der Waals surface area contributed by atoms with E-state index < -0.39 is 15.6 Å². The summed E-state index contributed by atoms with van der Waals surface area (Å²) in [5.74, 6) is -0.00858. The van der Waals surface area contributed by atoms with Gasteiger partial charge in [0.2, 0.25) is 15.9 Å². The van der Waals surface area contributed by atoms with Crippen LogP contribution in [0.4, 0.5) is 16.2 Å². The van der Waals surface area contributed by atoms with Gasteiger partial charge in [0.1, 0.15) is 5.01 Å². The Labute approximate surface area is 234 Å². The zero-order valence-corrected chi connectivity index (χ0v) is 24.7. The standard InChI is InChI=1S/C28H35N5O4S2/c1-18(2)30-27(35)32(6)20-11-9-19(10-12-20)26-29-17-23(38-26)22-14-13-21(33-15-7-8-25(33)34)16-24(22)39(36,37)31-28(3,4)5/h9-14,16-18,31H,7-8,15H2,1-6H3,(H,30,35). The summed E-state index contributed by atoms with van der Waals surface area (Å²) in [6.07, 6.45) is 2.87. The number of carbonyl (C=O) groups excluding carboxylic acids is 2. The number of rotatable bonds is 7. The summed E-state index contributed by atoms with van der Waals surface area (Å²) in [5.41, 5.74) is 2.00. The van der Waals surface area contributed by atoms with Crippen LogP contribution in [-0.2, 0) is 14.8 Å². The lowest BCUT2D eigenvalue weighted by molar-refractivity contribution is -0.117. The molecule has 0 atom stereocenters. The van der Waals surface area contributed by atoms with Crippen molar-refractivity contribution in [3.63, 3.8) is 0 Å². The van der Waals surface area contributed by atoms with Gasteiger partial charge in [-0.05, 0) is 77.4 Å². The molecule has 2 heterocycles. The van der Waals surface area contributed by atoms with E-state index in [1.165, 1.54) is 11.3 Å². The van der Waals surface area contributed by atoms with Gasteiger partial charge in [-0.3, -0.25) is 9.69 Å². The summed E-state index contributed by atoms with van der Waals surface area (Å²) < 4.78 is 29.8. The van der Waals surface area contributed by atoms with Crippen molar-refractivity contribution in [2.24, 2.45) is 0 Å². The molecular weight excluding hydrogens is 534 g/mol. The minimum atomic E-state index is -3.91. The Morgan fingerprint density at radius 1 is 1.13 bits per heavy atom. The molecule has 0 radical (unpaired) electrons. The van der Waals surface area contributed by atoms with E-state index in [1.807, 2.05) is 38.1 Å². The molecule has 0 bridgehead atoms. The highest BCUT2D eigenvalue weighted by atomic mass is 32.2. The van der Waals surface area contributed by atoms with E-state index in [-0.39, 0.29) is 22.9 Å². The Bertz CT molecular complexity index is 1470. The van der Waals surface area contributed by atoms with Crippen LogP contribution in [0.25, 0.3) is 21.0 Å². The second kappa shape index (κ2) is 11.1. The molecule has 1 aliphatic rings. The highest BCUT2D eigenvalue weighted by Gasteiger charge is 2.29. The van der Waals surface area contributed by atoms with Crippen molar-refractivity contribution in [3.8, 4) is 21.0 Å². The zero-order chi connectivity index (χ0) is 28.5. The van der Waals surface area contributed by atoms with Crippen molar-refractivity contribution in [3.05, 3.63) is 48.7 Å². The fourth-order valence-electron chi connectivity index (χ4n) is 4.30. The van der Waals surface area contributed by atoms with Gasteiger partial charge in [-0.1, -0.05) is 6.07 Å². The molecule has 11 heteroatoms. The maximum absolute atomic E-state index is 13.5. The molecule has 39 heavy (non-hydrogen) atoms. The molecule has 2 N–H and O–H groups in total. The average Bonchev–Trinajstić information content (AvgIpc) is 3.51. The van der Waals surface area contributed by atoms with Crippen LogP contribution in [0.2, 0.25) is 0 Å². The van der Waals surface area contributed by atoms with Crippen LogP contribution in [0.1, 0.15) is 47.5 Å². The Balaban J connectivity index is 1.68. The second-order valence-electron chi connectivity index (χ2n) is 10.9. The number of sulfonamides is 1. The van der Waals surface area contributed by atoms with Gasteiger partial charge in [-0.25, -0.2) is 22.9 Å². The molecule has 1 saturated heterocycles. The molecular formula is C28H35N5O4S2. The number of urea groups is 1. The molecule has 2 aromatic carbocycles. The third-order valence-corrected chi connectivity index (χ3v) is 8.95. The first-order chi connectivity index (χ1) is 18.2. The Morgan fingerprint density at radius 3 is 2.41 bits per heavy atom. The molecule has 3 aromatic rings. The fraction of sp³-hybridized carbons (Fsp3) is 0.393. The number of hydrogen-bond acceptors (Lipinski definition) is 6. The van der Waals surface area contributed by atoms with Gasteiger partial charge < -0.3 is 10.2 Å². The summed E-state index contributed by atoms with van der Waals surface area (Å²) in [6, 6.07) is 12.4. The Hall–Kier alpha value is -3.28. The Kier molecular flexibility index (Phi) is 8.15. The van der Waals surface area contributed by atoms with Crippen molar-refractivity contribution >= 4 is 44.7 Å². The predicted molar refractivity (Wildman–Crippen MR) is 157 cm³/mol. The number of thiazole rings is 1. The maximum Gasteiger partial charge on any atom is 0.321 e. The van der Waals surface area contributed by atoms with Crippen molar-refractivity contribution in [1.29, 1.82) is 0 Å². The lowest BCUT2D eigenvalue weighted by atomic mass is 10.1. The molecule has 208 valence electrons. The van der Waals surface area contributed by atoms with E-state index in [0.29, 0.717) is 29.1 Å². The summed E-state index contributed by atoms with van der Waals surface area (Å²) in [5, 5.41) is 3.58. The molecule has 0 unspecified atom stereocenters. The smallest absolute Gasteiger partial charge is 0.321 e. The second-order valence-corrected chi connectivity index (χ2v) is 13.6. The number of amides is 3. The van der Waals surface area contributed by atoms with E-state index in [4.69, 9.17) is 0 Å². The van der Waals surface area contributed by atoms with E-state index in [0.717, 1.165) is 22.7 Å².